The minimum absolute atomic E-state index is 0.0902. The van der Waals surface area contributed by atoms with E-state index in [0.717, 1.165) is 41.9 Å². The summed E-state index contributed by atoms with van der Waals surface area (Å²) in [6.07, 6.45) is 19.7. The molecule has 4 saturated carbocycles. The van der Waals surface area contributed by atoms with Gasteiger partial charge < -0.3 is 5.11 Å². The second-order valence-corrected chi connectivity index (χ2v) is 13.5. The van der Waals surface area contributed by atoms with Crippen LogP contribution in [0.4, 0.5) is 0 Å². The number of aliphatic hydroxyl groups is 1. The predicted molar refractivity (Wildman–Crippen MR) is 133 cm³/mol. The Morgan fingerprint density at radius 3 is 2.29 bits per heavy atom. The van der Waals surface area contributed by atoms with Crippen LogP contribution in [0.5, 0.6) is 0 Å². The van der Waals surface area contributed by atoms with Crippen LogP contribution in [-0.4, -0.2) is 11.2 Å². The van der Waals surface area contributed by atoms with Crippen LogP contribution in [0.15, 0.2) is 12.7 Å². The van der Waals surface area contributed by atoms with Gasteiger partial charge in [-0.05, 0) is 122 Å². The molecule has 1 nitrogen and oxygen atoms in total. The maximum atomic E-state index is 10.8. The smallest absolute Gasteiger partial charge is 0.0594 e. The van der Waals surface area contributed by atoms with Crippen LogP contribution in [0.2, 0.25) is 0 Å². The van der Waals surface area contributed by atoms with Gasteiger partial charge in [0.15, 0.2) is 0 Å². The van der Waals surface area contributed by atoms with E-state index in [1.807, 2.05) is 0 Å². The Morgan fingerprint density at radius 2 is 1.55 bits per heavy atom. The maximum absolute atomic E-state index is 10.8. The van der Waals surface area contributed by atoms with Gasteiger partial charge in [-0.15, -0.1) is 6.58 Å². The van der Waals surface area contributed by atoms with Crippen LogP contribution in [0, 0.1) is 51.8 Å². The first-order chi connectivity index (χ1) is 14.6. The van der Waals surface area contributed by atoms with Crippen LogP contribution in [0.3, 0.4) is 0 Å². The quantitative estimate of drug-likeness (QED) is 0.332. The summed E-state index contributed by atoms with van der Waals surface area (Å²) in [6, 6.07) is 0. The molecule has 0 radical (unpaired) electrons. The summed E-state index contributed by atoms with van der Waals surface area (Å²) >= 11 is 0. The Hall–Kier alpha value is -0.300. The summed E-state index contributed by atoms with van der Waals surface area (Å²) in [5.41, 5.74) is 1.18. The molecule has 0 aromatic heterocycles. The molecule has 4 fully saturated rings. The molecule has 4 aliphatic rings. The standard InChI is InChI=1S/C30H52O/c1-7-8-9-10-11-21(2)24-17-19-30(6)26-14-13-25-22(12-15-27(31)28(25,3)4)20-23(26)16-18-29(24,30)5/h7,21-27,31H,1,8-20H2,2-6H3/t21-,22+,23-,24-,25-,26-,27+,29+,30-/m0/s1. The zero-order valence-corrected chi connectivity index (χ0v) is 21.5. The average molecular weight is 429 g/mol. The van der Waals surface area contributed by atoms with E-state index in [0.29, 0.717) is 10.8 Å². The van der Waals surface area contributed by atoms with Crippen LogP contribution >= 0.6 is 0 Å². The van der Waals surface area contributed by atoms with Crippen LogP contribution in [0.25, 0.3) is 0 Å². The summed E-state index contributed by atoms with van der Waals surface area (Å²) in [7, 11) is 0. The van der Waals surface area contributed by atoms with Gasteiger partial charge in [0, 0.05) is 0 Å². The van der Waals surface area contributed by atoms with Crippen molar-refractivity contribution in [2.45, 2.75) is 124 Å². The monoisotopic (exact) mass is 428 g/mol. The molecule has 1 heteroatoms. The molecule has 0 aromatic rings. The van der Waals surface area contributed by atoms with E-state index in [-0.39, 0.29) is 11.5 Å². The van der Waals surface area contributed by atoms with Crippen LogP contribution in [0.1, 0.15) is 118 Å². The third-order valence-corrected chi connectivity index (χ3v) is 12.1. The minimum Gasteiger partial charge on any atom is -0.393 e. The zero-order valence-electron chi connectivity index (χ0n) is 21.5. The minimum atomic E-state index is -0.0902. The Kier molecular flexibility index (Phi) is 6.78. The zero-order chi connectivity index (χ0) is 22.4. The molecule has 0 spiro atoms. The highest BCUT2D eigenvalue weighted by Crippen LogP contribution is 2.70. The highest BCUT2D eigenvalue weighted by Gasteiger charge is 2.62. The highest BCUT2D eigenvalue weighted by atomic mass is 16.3. The Bertz CT molecular complexity index is 636. The van der Waals surface area contributed by atoms with Crippen molar-refractivity contribution in [2.75, 3.05) is 0 Å². The van der Waals surface area contributed by atoms with Gasteiger partial charge in [-0.3, -0.25) is 0 Å². The molecule has 0 aliphatic heterocycles. The lowest BCUT2D eigenvalue weighted by Crippen LogP contribution is -2.50. The highest BCUT2D eigenvalue weighted by molar-refractivity contribution is 5.12. The van der Waals surface area contributed by atoms with E-state index in [2.05, 4.69) is 47.3 Å². The number of unbranched alkanes of at least 4 members (excludes halogenated alkanes) is 2. The maximum Gasteiger partial charge on any atom is 0.0594 e. The third kappa shape index (κ3) is 3.87. The second kappa shape index (κ2) is 8.81. The van der Waals surface area contributed by atoms with Crippen molar-refractivity contribution in [1.29, 1.82) is 0 Å². The summed E-state index contributed by atoms with van der Waals surface area (Å²) in [5, 5.41) is 10.8. The van der Waals surface area contributed by atoms with E-state index in [1.54, 1.807) is 0 Å². The molecule has 178 valence electrons. The van der Waals surface area contributed by atoms with Crippen molar-refractivity contribution in [1.82, 2.24) is 0 Å². The Morgan fingerprint density at radius 1 is 0.871 bits per heavy atom. The number of aliphatic hydroxyl groups excluding tert-OH is 1. The fraction of sp³-hybridized carbons (Fsp3) is 0.933. The van der Waals surface area contributed by atoms with Crippen molar-refractivity contribution in [2.24, 2.45) is 51.8 Å². The van der Waals surface area contributed by atoms with Gasteiger partial charge in [-0.25, -0.2) is 0 Å². The number of allylic oxidation sites excluding steroid dienone is 1. The van der Waals surface area contributed by atoms with E-state index < -0.39 is 0 Å². The summed E-state index contributed by atoms with van der Waals surface area (Å²) in [6.45, 7) is 16.7. The van der Waals surface area contributed by atoms with Gasteiger partial charge >= 0.3 is 0 Å². The largest absolute Gasteiger partial charge is 0.393 e. The molecule has 31 heavy (non-hydrogen) atoms. The summed E-state index contributed by atoms with van der Waals surface area (Å²) in [4.78, 5) is 0. The van der Waals surface area contributed by atoms with Gasteiger partial charge in [0.1, 0.15) is 0 Å². The molecule has 0 bridgehead atoms. The first kappa shape index (κ1) is 23.8. The van der Waals surface area contributed by atoms with Crippen molar-refractivity contribution >= 4 is 0 Å². The normalized spacial score (nSPS) is 47.5. The van der Waals surface area contributed by atoms with Crippen molar-refractivity contribution in [3.05, 3.63) is 12.7 Å². The fourth-order valence-electron chi connectivity index (χ4n) is 9.91. The SMILES string of the molecule is C=CCCCC[C@H](C)[C@@H]1CC[C@@]2(C)[C@H]3CC[C@H]4[C@H](CC[C@@H](O)C4(C)C)C[C@@H]3CC[C@]12C. The van der Waals surface area contributed by atoms with Gasteiger partial charge in [-0.2, -0.15) is 0 Å². The summed E-state index contributed by atoms with van der Waals surface area (Å²) < 4.78 is 0. The van der Waals surface area contributed by atoms with Crippen molar-refractivity contribution in [3.63, 3.8) is 0 Å². The topological polar surface area (TPSA) is 20.2 Å². The lowest BCUT2D eigenvalue weighted by Gasteiger charge is -2.57. The fourth-order valence-corrected chi connectivity index (χ4v) is 9.91. The van der Waals surface area contributed by atoms with Crippen LogP contribution < -0.4 is 0 Å². The van der Waals surface area contributed by atoms with Crippen LogP contribution in [-0.2, 0) is 0 Å². The van der Waals surface area contributed by atoms with E-state index in [4.69, 9.17) is 0 Å². The average Bonchev–Trinajstić information content (AvgIpc) is 2.87. The van der Waals surface area contributed by atoms with Gasteiger partial charge in [-0.1, -0.05) is 53.5 Å². The molecule has 4 aliphatic carbocycles. The molecule has 0 heterocycles. The van der Waals surface area contributed by atoms with E-state index in [9.17, 15) is 5.11 Å². The first-order valence-electron chi connectivity index (χ1n) is 13.9. The molecular formula is C30H52O. The number of fused-ring (bicyclic) bond motifs is 4. The molecule has 0 saturated heterocycles. The molecule has 4 rings (SSSR count). The molecule has 9 atom stereocenters. The molecule has 0 unspecified atom stereocenters. The summed E-state index contributed by atoms with van der Waals surface area (Å²) in [5.74, 6) is 5.25. The van der Waals surface area contributed by atoms with Crippen molar-refractivity contribution in [3.8, 4) is 0 Å². The number of hydrogen-bond acceptors (Lipinski definition) is 1. The van der Waals surface area contributed by atoms with Crippen molar-refractivity contribution < 1.29 is 5.11 Å². The van der Waals surface area contributed by atoms with Gasteiger partial charge in [0.2, 0.25) is 0 Å². The lowest BCUT2D eigenvalue weighted by molar-refractivity contribution is -0.0825. The second-order valence-electron chi connectivity index (χ2n) is 13.5. The molecule has 0 aromatic carbocycles. The molecule has 0 amide bonds. The predicted octanol–water partition coefficient (Wildman–Crippen LogP) is 8.41. The Labute approximate surface area is 193 Å². The van der Waals surface area contributed by atoms with E-state index in [1.165, 1.54) is 77.0 Å². The first-order valence-corrected chi connectivity index (χ1v) is 13.9. The molecule has 1 N–H and O–H groups in total. The lowest BCUT2D eigenvalue weighted by atomic mass is 9.48. The Balaban J connectivity index is 1.51. The van der Waals surface area contributed by atoms with E-state index >= 15 is 0 Å². The number of rotatable bonds is 6. The van der Waals surface area contributed by atoms with Gasteiger partial charge in [0.25, 0.3) is 0 Å². The third-order valence-electron chi connectivity index (χ3n) is 12.1. The van der Waals surface area contributed by atoms with Gasteiger partial charge in [0.05, 0.1) is 6.10 Å². The molecular weight excluding hydrogens is 376 g/mol. The number of hydrogen-bond donors (Lipinski definition) is 1.